The van der Waals surface area contributed by atoms with Gasteiger partial charge in [0.05, 0.1) is 6.61 Å². The number of rotatable bonds is 20. The number of phosphoric ester groups is 1. The third-order valence-electron chi connectivity index (χ3n) is 6.19. The van der Waals surface area contributed by atoms with Gasteiger partial charge in [0.15, 0.2) is 0 Å². The molecule has 226 valence electrons. The molecular formula is C29H53NO7P2. The molecule has 2 atom stereocenters. The fourth-order valence-electron chi connectivity index (χ4n) is 3.78. The molecule has 39 heavy (non-hydrogen) atoms. The first kappa shape index (κ1) is 37.9. The van der Waals surface area contributed by atoms with Gasteiger partial charge in [-0.25, -0.2) is 9.13 Å². The third-order valence-corrected chi connectivity index (χ3v) is 8.34. The van der Waals surface area contributed by atoms with Gasteiger partial charge in [0.25, 0.3) is 0 Å². The number of hydrogen-bond acceptors (Lipinski definition) is 5. The van der Waals surface area contributed by atoms with Crippen molar-refractivity contribution in [3.05, 3.63) is 58.2 Å². The molecular weight excluding hydrogens is 536 g/mol. The highest BCUT2D eigenvalue weighted by Gasteiger charge is 2.33. The van der Waals surface area contributed by atoms with Crippen LogP contribution in [-0.4, -0.2) is 45.8 Å². The molecule has 0 heterocycles. The summed E-state index contributed by atoms with van der Waals surface area (Å²) in [7, 11) is -8.15. The minimum absolute atomic E-state index is 0.208. The van der Waals surface area contributed by atoms with Crippen LogP contribution in [0.1, 0.15) is 99.8 Å². The van der Waals surface area contributed by atoms with Crippen molar-refractivity contribution in [1.29, 1.82) is 0 Å². The van der Waals surface area contributed by atoms with Gasteiger partial charge in [-0.3, -0.25) is 4.52 Å². The van der Waals surface area contributed by atoms with E-state index in [1.165, 1.54) is 27.9 Å². The van der Waals surface area contributed by atoms with Gasteiger partial charge in [0, 0.05) is 12.6 Å². The molecule has 0 aromatic rings. The fraction of sp³-hybridized carbons (Fsp3) is 0.655. The van der Waals surface area contributed by atoms with E-state index >= 15 is 0 Å². The Kier molecular flexibility index (Phi) is 19.4. The molecule has 10 heteroatoms. The van der Waals surface area contributed by atoms with Gasteiger partial charge in [-0.15, -0.1) is 0 Å². The van der Waals surface area contributed by atoms with Crippen LogP contribution >= 0.6 is 15.6 Å². The summed E-state index contributed by atoms with van der Waals surface area (Å²) in [5, 5.41) is 0. The van der Waals surface area contributed by atoms with E-state index in [1.807, 2.05) is 11.9 Å². The van der Waals surface area contributed by atoms with E-state index in [-0.39, 0.29) is 12.6 Å². The lowest BCUT2D eigenvalue weighted by Gasteiger charge is -2.27. The molecule has 0 saturated heterocycles. The molecule has 0 spiro atoms. The third kappa shape index (κ3) is 23.3. The van der Waals surface area contributed by atoms with E-state index in [4.69, 9.17) is 14.3 Å². The summed E-state index contributed by atoms with van der Waals surface area (Å²) in [5.74, 6) is 0. The molecule has 0 amide bonds. The maximum Gasteiger partial charge on any atom is 0.481 e. The number of allylic oxidation sites excluding steroid dienone is 8. The second-order valence-corrected chi connectivity index (χ2v) is 13.7. The van der Waals surface area contributed by atoms with Crippen molar-refractivity contribution in [3.63, 3.8) is 0 Å². The van der Waals surface area contributed by atoms with Gasteiger partial charge in [-0.05, 0) is 107 Å². The molecule has 8 nitrogen and oxygen atoms in total. The lowest BCUT2D eigenvalue weighted by molar-refractivity contribution is 0.124. The Balaban J connectivity index is 5.17. The monoisotopic (exact) mass is 589 g/mol. The highest BCUT2D eigenvalue weighted by atomic mass is 31.3. The van der Waals surface area contributed by atoms with Crippen molar-refractivity contribution >= 4 is 15.6 Å². The van der Waals surface area contributed by atoms with E-state index in [9.17, 15) is 14.0 Å². The van der Waals surface area contributed by atoms with Crippen molar-refractivity contribution in [2.45, 2.75) is 106 Å². The van der Waals surface area contributed by atoms with Crippen molar-refractivity contribution in [3.8, 4) is 0 Å². The maximum atomic E-state index is 12.0. The summed E-state index contributed by atoms with van der Waals surface area (Å²) < 4.78 is 32.0. The Hall–Kier alpha value is -1.08. The smallest absolute Gasteiger partial charge is 0.302 e. The van der Waals surface area contributed by atoms with Crippen LogP contribution in [0.5, 0.6) is 0 Å². The zero-order valence-electron chi connectivity index (χ0n) is 25.4. The van der Waals surface area contributed by atoms with Crippen LogP contribution in [-0.2, 0) is 18.0 Å². The van der Waals surface area contributed by atoms with Gasteiger partial charge in [-0.1, -0.05) is 58.2 Å². The first-order chi connectivity index (χ1) is 18.0. The average Bonchev–Trinajstić information content (AvgIpc) is 2.76. The zero-order chi connectivity index (χ0) is 30.1. The predicted octanol–water partition coefficient (Wildman–Crippen LogP) is 8.41. The maximum absolute atomic E-state index is 12.0. The molecule has 0 aliphatic heterocycles. The Bertz CT molecular complexity index is 968. The quantitative estimate of drug-likeness (QED) is 0.0957. The van der Waals surface area contributed by atoms with Crippen LogP contribution in [0.3, 0.4) is 0 Å². The molecule has 0 aliphatic rings. The minimum atomic E-state index is -5.16. The number of hydrogen-bond donors (Lipinski definition) is 3. The fourth-order valence-corrected chi connectivity index (χ4v) is 5.40. The molecule has 0 radical (unpaired) electrons. The van der Waals surface area contributed by atoms with Crippen molar-refractivity contribution in [2.24, 2.45) is 0 Å². The van der Waals surface area contributed by atoms with E-state index in [2.05, 4.69) is 83.2 Å². The largest absolute Gasteiger partial charge is 0.481 e. The normalized spacial score (nSPS) is 15.7. The van der Waals surface area contributed by atoms with Crippen molar-refractivity contribution in [1.82, 2.24) is 4.90 Å². The van der Waals surface area contributed by atoms with Crippen LogP contribution in [0.2, 0.25) is 0 Å². The Morgan fingerprint density at radius 3 is 1.62 bits per heavy atom. The molecule has 0 aromatic carbocycles. The summed E-state index contributed by atoms with van der Waals surface area (Å²) in [6.45, 7) is 15.2. The summed E-state index contributed by atoms with van der Waals surface area (Å²) >= 11 is 0. The van der Waals surface area contributed by atoms with E-state index in [0.29, 0.717) is 13.0 Å². The second kappa shape index (κ2) is 19.9. The van der Waals surface area contributed by atoms with Gasteiger partial charge < -0.3 is 19.6 Å². The van der Waals surface area contributed by atoms with Crippen molar-refractivity contribution in [2.75, 3.05) is 20.2 Å². The Labute approximate surface area is 237 Å². The molecule has 3 N–H and O–H groups in total. The number of likely N-dealkylation sites (N-methyl/N-ethyl adjacent to an activating group) is 1. The summed E-state index contributed by atoms with van der Waals surface area (Å²) in [6.07, 6.45) is 18.4. The lowest BCUT2D eigenvalue weighted by Crippen LogP contribution is -2.35. The summed E-state index contributed by atoms with van der Waals surface area (Å²) in [6, 6.07) is -0.276. The van der Waals surface area contributed by atoms with Gasteiger partial charge in [0.2, 0.25) is 0 Å². The molecule has 0 saturated carbocycles. The Morgan fingerprint density at radius 2 is 1.15 bits per heavy atom. The van der Waals surface area contributed by atoms with Gasteiger partial charge in [-0.2, -0.15) is 4.31 Å². The average molecular weight is 590 g/mol. The first-order valence-electron chi connectivity index (χ1n) is 13.7. The highest BCUT2D eigenvalue weighted by Crippen LogP contribution is 2.57. The van der Waals surface area contributed by atoms with Crippen LogP contribution in [0.4, 0.5) is 0 Å². The van der Waals surface area contributed by atoms with Gasteiger partial charge >= 0.3 is 15.6 Å². The second-order valence-electron chi connectivity index (χ2n) is 10.8. The zero-order valence-corrected chi connectivity index (χ0v) is 27.1. The predicted molar refractivity (Wildman–Crippen MR) is 162 cm³/mol. The summed E-state index contributed by atoms with van der Waals surface area (Å²) in [5.41, 5.74) is 6.53. The topological polar surface area (TPSA) is 117 Å². The van der Waals surface area contributed by atoms with Crippen molar-refractivity contribution < 1.29 is 32.6 Å². The number of phosphoric acid groups is 2. The van der Waals surface area contributed by atoms with Crippen LogP contribution in [0.15, 0.2) is 58.2 Å². The van der Waals surface area contributed by atoms with Crippen LogP contribution in [0.25, 0.3) is 0 Å². The molecule has 0 fully saturated rings. The molecule has 0 rings (SSSR count). The molecule has 2 unspecified atom stereocenters. The SMILES string of the molecule is CC(C)=CCC/C(C)=C/CC/C(C)=C/CC(COP(=O)(O)OP(=O)(O)O)N(C)CC/C=C(\C)CCC=C(C)C. The van der Waals surface area contributed by atoms with Crippen LogP contribution < -0.4 is 0 Å². The lowest BCUT2D eigenvalue weighted by atomic mass is 10.0. The molecule has 0 aliphatic carbocycles. The van der Waals surface area contributed by atoms with E-state index in [0.717, 1.165) is 44.9 Å². The highest BCUT2D eigenvalue weighted by molar-refractivity contribution is 7.60. The first-order valence-corrected chi connectivity index (χ1v) is 16.7. The van der Waals surface area contributed by atoms with Crippen LogP contribution in [0, 0.1) is 0 Å². The minimum Gasteiger partial charge on any atom is -0.302 e. The van der Waals surface area contributed by atoms with E-state index in [1.54, 1.807) is 0 Å². The van der Waals surface area contributed by atoms with E-state index < -0.39 is 15.6 Å². The van der Waals surface area contributed by atoms with Gasteiger partial charge in [0.1, 0.15) is 0 Å². The summed E-state index contributed by atoms with van der Waals surface area (Å²) in [4.78, 5) is 29.6. The standard InChI is InChI=1S/C29H53NO7P2/c1-24(2)13-9-15-26(5)17-11-18-28(7)20-21-29(23-36-39(34,35)37-38(31,32)33)30(8)22-12-19-27(6)16-10-14-25(3)4/h13-14,17,19-20,29H,9-12,15-16,18,21-23H2,1-8H3,(H,34,35)(H2,31,32,33)/b26-17+,27-19+,28-20+. The number of nitrogens with zero attached hydrogens (tertiary/aromatic N) is 1. The Morgan fingerprint density at radius 1 is 0.718 bits per heavy atom. The molecule has 0 aromatic heterocycles. The molecule has 0 bridgehead atoms.